The highest BCUT2D eigenvalue weighted by Crippen LogP contribution is 2.35. The predicted octanol–water partition coefficient (Wildman–Crippen LogP) is 4.48. The summed E-state index contributed by atoms with van der Waals surface area (Å²) in [5.41, 5.74) is 2.62. The number of hydrogen-bond acceptors (Lipinski definition) is 4. The number of aryl methyl sites for hydroxylation is 1. The minimum Gasteiger partial charge on any atom is -0.367 e. The predicted molar refractivity (Wildman–Crippen MR) is 117 cm³/mol. The quantitative estimate of drug-likeness (QED) is 0.728. The van der Waals surface area contributed by atoms with Gasteiger partial charge in [0.05, 0.1) is 11.9 Å². The molecule has 4 rings (SSSR count). The van der Waals surface area contributed by atoms with Crippen molar-refractivity contribution in [3.63, 3.8) is 0 Å². The molecule has 0 spiro atoms. The molecule has 0 saturated carbocycles. The van der Waals surface area contributed by atoms with E-state index in [9.17, 15) is 0 Å². The SMILES string of the molecule is Cc1ncc(-c2ccc3cnc(NC(C)C4(C)CCN(C)CC4)cc3c2)n1C. The first kappa shape index (κ1) is 18.9. The van der Waals surface area contributed by atoms with Crippen molar-refractivity contribution in [2.45, 2.75) is 39.7 Å². The first-order valence-electron chi connectivity index (χ1n) is 10.2. The second-order valence-corrected chi connectivity index (χ2v) is 8.70. The molecule has 0 bridgehead atoms. The molecule has 3 heterocycles. The molecule has 5 nitrogen and oxygen atoms in total. The van der Waals surface area contributed by atoms with Crippen LogP contribution in [-0.2, 0) is 7.05 Å². The number of rotatable bonds is 4. The lowest BCUT2D eigenvalue weighted by atomic mass is 9.75. The van der Waals surface area contributed by atoms with E-state index in [-0.39, 0.29) is 0 Å². The summed E-state index contributed by atoms with van der Waals surface area (Å²) in [6.45, 7) is 9.07. The van der Waals surface area contributed by atoms with Gasteiger partial charge in [0.1, 0.15) is 11.6 Å². The number of fused-ring (bicyclic) bond motifs is 1. The van der Waals surface area contributed by atoms with Crippen LogP contribution in [-0.4, -0.2) is 45.6 Å². The number of benzene rings is 1. The van der Waals surface area contributed by atoms with Crippen LogP contribution in [0.15, 0.2) is 36.7 Å². The van der Waals surface area contributed by atoms with Crippen LogP contribution in [0.1, 0.15) is 32.5 Å². The van der Waals surface area contributed by atoms with E-state index in [1.807, 2.05) is 19.3 Å². The fraction of sp³-hybridized carbons (Fsp3) is 0.478. The van der Waals surface area contributed by atoms with Crippen molar-refractivity contribution < 1.29 is 0 Å². The summed E-state index contributed by atoms with van der Waals surface area (Å²) in [6.07, 6.45) is 6.35. The Balaban J connectivity index is 1.59. The summed E-state index contributed by atoms with van der Waals surface area (Å²) in [5.74, 6) is 1.98. The zero-order valence-corrected chi connectivity index (χ0v) is 17.7. The smallest absolute Gasteiger partial charge is 0.126 e. The number of likely N-dealkylation sites (tertiary alicyclic amines) is 1. The van der Waals surface area contributed by atoms with Gasteiger partial charge in [0.15, 0.2) is 0 Å². The van der Waals surface area contributed by atoms with Gasteiger partial charge >= 0.3 is 0 Å². The standard InChI is InChI=1S/C23H31N5/c1-16(23(3)8-10-27(4)11-9-23)26-22-13-20-12-18(6-7-19(20)14-25-22)21-15-24-17(2)28(21)5/h6-7,12-16H,8-11H2,1-5H3,(H,25,26). The molecule has 1 aliphatic heterocycles. The van der Waals surface area contributed by atoms with Crippen molar-refractivity contribution in [3.05, 3.63) is 42.5 Å². The number of hydrogen-bond donors (Lipinski definition) is 1. The number of imidazole rings is 1. The Morgan fingerprint density at radius 2 is 1.79 bits per heavy atom. The van der Waals surface area contributed by atoms with Gasteiger partial charge in [-0.25, -0.2) is 9.97 Å². The Bertz CT molecular complexity index is 982. The van der Waals surface area contributed by atoms with Crippen LogP contribution in [0.25, 0.3) is 22.0 Å². The van der Waals surface area contributed by atoms with E-state index in [1.165, 1.54) is 36.9 Å². The Labute approximate surface area is 167 Å². The number of piperidine rings is 1. The summed E-state index contributed by atoms with van der Waals surface area (Å²) < 4.78 is 2.13. The average Bonchev–Trinajstić information content (AvgIpc) is 3.02. The maximum absolute atomic E-state index is 4.67. The first-order valence-corrected chi connectivity index (χ1v) is 10.2. The third kappa shape index (κ3) is 3.51. The lowest BCUT2D eigenvalue weighted by Crippen LogP contribution is -2.45. The summed E-state index contributed by atoms with van der Waals surface area (Å²) in [5, 5.41) is 6.05. The van der Waals surface area contributed by atoms with Crippen molar-refractivity contribution >= 4 is 16.6 Å². The van der Waals surface area contributed by atoms with E-state index in [0.717, 1.165) is 22.7 Å². The summed E-state index contributed by atoms with van der Waals surface area (Å²) in [6, 6.07) is 9.09. The molecule has 0 aliphatic carbocycles. The van der Waals surface area contributed by atoms with Gasteiger partial charge in [0.25, 0.3) is 0 Å². The first-order chi connectivity index (χ1) is 13.4. The molecule has 1 saturated heterocycles. The Morgan fingerprint density at radius 3 is 2.46 bits per heavy atom. The van der Waals surface area contributed by atoms with Gasteiger partial charge in [-0.05, 0) is 69.8 Å². The van der Waals surface area contributed by atoms with E-state index < -0.39 is 0 Å². The second kappa shape index (κ2) is 7.21. The van der Waals surface area contributed by atoms with Gasteiger partial charge in [-0.1, -0.05) is 19.1 Å². The molecule has 1 aliphatic rings. The van der Waals surface area contributed by atoms with Gasteiger partial charge in [-0.15, -0.1) is 0 Å². The van der Waals surface area contributed by atoms with E-state index in [1.54, 1.807) is 0 Å². The Morgan fingerprint density at radius 1 is 1.04 bits per heavy atom. The summed E-state index contributed by atoms with van der Waals surface area (Å²) in [4.78, 5) is 11.5. The molecule has 1 N–H and O–H groups in total. The fourth-order valence-corrected chi connectivity index (χ4v) is 4.11. The zero-order chi connectivity index (χ0) is 19.9. The largest absolute Gasteiger partial charge is 0.367 e. The summed E-state index contributed by atoms with van der Waals surface area (Å²) >= 11 is 0. The van der Waals surface area contributed by atoms with Gasteiger partial charge in [0.2, 0.25) is 0 Å². The van der Waals surface area contributed by atoms with Gasteiger partial charge in [-0.2, -0.15) is 0 Å². The van der Waals surface area contributed by atoms with Crippen LogP contribution in [0, 0.1) is 12.3 Å². The zero-order valence-electron chi connectivity index (χ0n) is 17.7. The third-order valence-corrected chi connectivity index (χ3v) is 6.78. The maximum Gasteiger partial charge on any atom is 0.126 e. The van der Waals surface area contributed by atoms with Gasteiger partial charge in [0, 0.05) is 30.2 Å². The molecule has 2 aromatic heterocycles. The van der Waals surface area contributed by atoms with E-state index >= 15 is 0 Å². The van der Waals surface area contributed by atoms with Crippen LogP contribution >= 0.6 is 0 Å². The Kier molecular flexibility index (Phi) is 4.88. The number of aromatic nitrogens is 3. The van der Waals surface area contributed by atoms with Crippen LogP contribution in [0.4, 0.5) is 5.82 Å². The molecule has 3 aromatic rings. The Hall–Kier alpha value is -2.40. The lowest BCUT2D eigenvalue weighted by Gasteiger charge is -2.42. The molecule has 5 heteroatoms. The molecule has 1 fully saturated rings. The second-order valence-electron chi connectivity index (χ2n) is 8.70. The number of nitrogens with zero attached hydrogens (tertiary/aromatic N) is 4. The van der Waals surface area contributed by atoms with E-state index in [4.69, 9.17) is 0 Å². The van der Waals surface area contributed by atoms with Gasteiger partial charge in [-0.3, -0.25) is 0 Å². The van der Waals surface area contributed by atoms with Crippen molar-refractivity contribution in [2.24, 2.45) is 12.5 Å². The van der Waals surface area contributed by atoms with Crippen molar-refractivity contribution in [1.82, 2.24) is 19.4 Å². The number of nitrogens with one attached hydrogen (secondary N) is 1. The monoisotopic (exact) mass is 377 g/mol. The topological polar surface area (TPSA) is 46.0 Å². The highest BCUT2D eigenvalue weighted by molar-refractivity contribution is 5.88. The van der Waals surface area contributed by atoms with E-state index in [0.29, 0.717) is 11.5 Å². The normalized spacial score (nSPS) is 18.3. The maximum atomic E-state index is 4.67. The highest BCUT2D eigenvalue weighted by Gasteiger charge is 2.34. The van der Waals surface area contributed by atoms with Gasteiger partial charge < -0.3 is 14.8 Å². The molecular formula is C23H31N5. The molecule has 148 valence electrons. The molecule has 1 unspecified atom stereocenters. The minimum atomic E-state index is 0.303. The molecule has 0 radical (unpaired) electrons. The fourth-order valence-electron chi connectivity index (χ4n) is 4.11. The third-order valence-electron chi connectivity index (χ3n) is 6.78. The highest BCUT2D eigenvalue weighted by atomic mass is 15.1. The molecule has 1 aromatic carbocycles. The number of anilines is 1. The molecule has 0 amide bonds. The van der Waals surface area contributed by atoms with Crippen LogP contribution in [0.2, 0.25) is 0 Å². The van der Waals surface area contributed by atoms with Crippen LogP contribution in [0.3, 0.4) is 0 Å². The molecule has 28 heavy (non-hydrogen) atoms. The number of pyridine rings is 1. The van der Waals surface area contributed by atoms with Crippen LogP contribution < -0.4 is 5.32 Å². The van der Waals surface area contributed by atoms with E-state index in [2.05, 4.69) is 77.0 Å². The van der Waals surface area contributed by atoms with Crippen molar-refractivity contribution in [3.8, 4) is 11.3 Å². The molecular weight excluding hydrogens is 346 g/mol. The van der Waals surface area contributed by atoms with Crippen molar-refractivity contribution in [2.75, 3.05) is 25.5 Å². The lowest BCUT2D eigenvalue weighted by molar-refractivity contribution is 0.124. The minimum absolute atomic E-state index is 0.303. The molecule has 1 atom stereocenters. The van der Waals surface area contributed by atoms with Crippen LogP contribution in [0.5, 0.6) is 0 Å². The van der Waals surface area contributed by atoms with Crippen molar-refractivity contribution in [1.29, 1.82) is 0 Å². The average molecular weight is 378 g/mol. The summed E-state index contributed by atoms with van der Waals surface area (Å²) in [7, 11) is 4.27.